The summed E-state index contributed by atoms with van der Waals surface area (Å²) >= 11 is 0. The number of phenolic OH excluding ortho intramolecular Hbond substituents is 2. The quantitative estimate of drug-likeness (QED) is 0.0223. The van der Waals surface area contributed by atoms with Gasteiger partial charge in [0.2, 0.25) is 29.4 Å². The number of rotatable bonds is 20. The topological polar surface area (TPSA) is 395 Å². The number of azide groups is 1. The van der Waals surface area contributed by atoms with E-state index in [4.69, 9.17) is 19.7 Å². The largest absolute Gasteiger partial charge is 0.507 e. The minimum absolute atomic E-state index is 0.0359. The van der Waals surface area contributed by atoms with Gasteiger partial charge < -0.3 is 71.4 Å². The molecule has 0 unspecified atom stereocenters. The lowest BCUT2D eigenvalue weighted by atomic mass is 9.71. The summed E-state index contributed by atoms with van der Waals surface area (Å²) in [4.78, 5) is 111. The number of ether oxygens (including phenoxy) is 3. The van der Waals surface area contributed by atoms with Crippen LogP contribution in [0.1, 0.15) is 98.6 Å². The normalized spacial score (nSPS) is 22.0. The molecule has 5 amide bonds. The molecule has 25 heteroatoms. The van der Waals surface area contributed by atoms with Crippen molar-refractivity contribution in [1.82, 2.24) is 26.6 Å². The van der Waals surface area contributed by atoms with Gasteiger partial charge in [0.25, 0.3) is 5.91 Å². The summed E-state index contributed by atoms with van der Waals surface area (Å²) in [6.45, 7) is 2.25. The fraction of sp³-hybridized carbons (Fsp3) is 0.396. The van der Waals surface area contributed by atoms with Crippen molar-refractivity contribution in [2.45, 2.75) is 101 Å². The fourth-order valence-corrected chi connectivity index (χ4v) is 9.70. The predicted octanol–water partition coefficient (Wildman–Crippen LogP) is 0.876. The first-order valence-corrected chi connectivity index (χ1v) is 24.7. The van der Waals surface area contributed by atoms with E-state index < -0.39 is 162 Å². The van der Waals surface area contributed by atoms with Gasteiger partial charge in [-0.3, -0.25) is 38.4 Å². The third-order valence-corrected chi connectivity index (χ3v) is 13.7. The first kappa shape index (κ1) is 57.4. The summed E-state index contributed by atoms with van der Waals surface area (Å²) in [5.74, 6) is -9.08. The van der Waals surface area contributed by atoms with Crippen molar-refractivity contribution in [1.29, 1.82) is 0 Å². The van der Waals surface area contributed by atoms with Crippen LogP contribution in [0.4, 0.5) is 5.69 Å². The lowest BCUT2D eigenvalue weighted by molar-refractivity contribution is -0.301. The summed E-state index contributed by atoms with van der Waals surface area (Å²) in [5.41, 5.74) is 4.49. The van der Waals surface area contributed by atoms with Crippen molar-refractivity contribution in [3.63, 3.8) is 0 Å². The highest BCUT2D eigenvalue weighted by Gasteiger charge is 2.55. The number of methoxy groups -OCH3 is 1. The molecule has 0 spiro atoms. The van der Waals surface area contributed by atoms with Crippen LogP contribution in [-0.2, 0) is 46.3 Å². The molecule has 1 aliphatic heterocycles. The summed E-state index contributed by atoms with van der Waals surface area (Å²) in [6.07, 6.45) is -10.2. The Kier molecular flexibility index (Phi) is 17.9. The first-order valence-electron chi connectivity index (χ1n) is 24.7. The van der Waals surface area contributed by atoms with Crippen LogP contribution in [0, 0.1) is 5.92 Å². The maximum atomic E-state index is 14.1. The van der Waals surface area contributed by atoms with Crippen LogP contribution in [0.5, 0.6) is 17.2 Å². The van der Waals surface area contributed by atoms with Crippen LogP contribution in [-0.4, -0.2) is 153 Å². The van der Waals surface area contributed by atoms with Crippen LogP contribution < -0.4 is 31.3 Å². The van der Waals surface area contributed by atoms with Gasteiger partial charge in [0.1, 0.15) is 54.3 Å². The predicted molar refractivity (Wildman–Crippen MR) is 271 cm³/mol. The van der Waals surface area contributed by atoms with Crippen molar-refractivity contribution in [2.24, 2.45) is 11.0 Å². The number of aliphatic hydroxyl groups is 4. The van der Waals surface area contributed by atoms with E-state index >= 15 is 0 Å². The number of ketones is 3. The van der Waals surface area contributed by atoms with E-state index in [1.807, 2.05) is 0 Å². The van der Waals surface area contributed by atoms with Gasteiger partial charge in [-0.25, -0.2) is 0 Å². The van der Waals surface area contributed by atoms with Gasteiger partial charge in [-0.05, 0) is 61.4 Å². The smallest absolute Gasteiger partial charge is 0.251 e. The maximum absolute atomic E-state index is 14.1. The molecule has 9 atom stereocenters. The standard InChI is InChI=1S/C53H58N8O17/c1-24(2)19-31(58-51(74)32(20-26-9-6-5-7-10-26)57-35(64)21-55-49(72)27-13-15-28(16-14-27)60-61-54)50(73)56-22-36(65)59-41-42(66)25(3)77-52(47(41)71)78-48-38-30(17-18-53(48,75)34(63)23-62)44(68)39-40(46(38)70)45(69)37-29(43(39)67)11-8-12-33(37)76-4/h5-16,24-25,31-32,41-42,47-48,52,62,66,68,70-71,75H,17-23H2,1-4H3,(H,55,72)(H,56,73)(H,57,64)(H,58,74)(H,59,65)/t25-,31+,32+,41-,42+,47-,48-,52+,53-/m1/s1. The minimum Gasteiger partial charge on any atom is -0.507 e. The lowest BCUT2D eigenvalue weighted by Gasteiger charge is -2.46. The number of hydrogen-bond donors (Lipinski definition) is 11. The molecule has 2 aliphatic carbocycles. The zero-order valence-electron chi connectivity index (χ0n) is 42.6. The summed E-state index contributed by atoms with van der Waals surface area (Å²) in [7, 11) is 1.24. The Bertz CT molecular complexity index is 3060. The van der Waals surface area contributed by atoms with Crippen LogP contribution in [0.25, 0.3) is 10.4 Å². The molecule has 4 aromatic rings. The first-order chi connectivity index (χ1) is 37.1. The highest BCUT2D eigenvalue weighted by atomic mass is 16.7. The summed E-state index contributed by atoms with van der Waals surface area (Å²) < 4.78 is 17.2. The Morgan fingerprint density at radius 1 is 0.833 bits per heavy atom. The fourth-order valence-electron chi connectivity index (χ4n) is 9.70. The van der Waals surface area contributed by atoms with Crippen molar-refractivity contribution >= 4 is 52.6 Å². The van der Waals surface area contributed by atoms with E-state index in [0.29, 0.717) is 5.56 Å². The second-order valence-corrected chi connectivity index (χ2v) is 19.3. The monoisotopic (exact) mass is 1080 g/mol. The van der Waals surface area contributed by atoms with Gasteiger partial charge >= 0.3 is 0 Å². The molecular weight excluding hydrogens is 1020 g/mol. The second kappa shape index (κ2) is 24.4. The number of carbonyl (C=O) groups excluding carboxylic acids is 8. The number of benzene rings is 4. The molecular formula is C53H58N8O17. The highest BCUT2D eigenvalue weighted by Crippen LogP contribution is 2.53. The van der Waals surface area contributed by atoms with Crippen molar-refractivity contribution in [3.05, 3.63) is 128 Å². The van der Waals surface area contributed by atoms with E-state index in [9.17, 15) is 69.0 Å². The number of Topliss-reactive ketones (excluding diaryl/α,β-unsaturated/α-hetero) is 1. The van der Waals surface area contributed by atoms with E-state index in [1.54, 1.807) is 44.2 Å². The number of fused-ring (bicyclic) bond motifs is 3. The average Bonchev–Trinajstić information content (AvgIpc) is 3.54. The lowest BCUT2D eigenvalue weighted by Crippen LogP contribution is -2.65. The average molecular weight is 1080 g/mol. The number of amides is 5. The number of aromatic hydroxyl groups is 2. The molecule has 1 fully saturated rings. The van der Waals surface area contributed by atoms with Gasteiger partial charge in [-0.1, -0.05) is 73.6 Å². The number of hydrogen-bond acceptors (Lipinski definition) is 18. The van der Waals surface area contributed by atoms with Crippen molar-refractivity contribution in [3.8, 4) is 17.2 Å². The Morgan fingerprint density at radius 3 is 2.17 bits per heavy atom. The highest BCUT2D eigenvalue weighted by molar-refractivity contribution is 6.31. The molecule has 4 aromatic carbocycles. The number of phenols is 2. The number of nitrogens with one attached hydrogen (secondary N) is 5. The van der Waals surface area contributed by atoms with Crippen LogP contribution in [0.3, 0.4) is 0 Å². The molecule has 1 heterocycles. The molecule has 412 valence electrons. The Labute approximate surface area is 444 Å². The van der Waals surface area contributed by atoms with Crippen LogP contribution in [0.15, 0.2) is 77.9 Å². The number of carbonyl (C=O) groups is 8. The molecule has 11 N–H and O–H groups in total. The van der Waals surface area contributed by atoms with Crippen molar-refractivity contribution in [2.75, 3.05) is 26.8 Å². The zero-order chi connectivity index (χ0) is 56.7. The van der Waals surface area contributed by atoms with Gasteiger partial charge in [-0.2, -0.15) is 0 Å². The molecule has 0 radical (unpaired) electrons. The van der Waals surface area contributed by atoms with Gasteiger partial charge in [0.15, 0.2) is 23.5 Å². The van der Waals surface area contributed by atoms with E-state index in [1.165, 1.54) is 56.5 Å². The Hall–Kier alpha value is -8.29. The van der Waals surface area contributed by atoms with E-state index in [2.05, 4.69) is 36.6 Å². The molecule has 3 aliphatic rings. The Balaban J connectivity index is 1.05. The number of nitrogens with zero attached hydrogens (tertiary/aromatic N) is 3. The molecule has 1 saturated heterocycles. The maximum Gasteiger partial charge on any atom is 0.251 e. The Morgan fingerprint density at radius 2 is 1.51 bits per heavy atom. The molecule has 0 saturated carbocycles. The minimum atomic E-state index is -2.75. The van der Waals surface area contributed by atoms with E-state index in [0.717, 1.165) is 0 Å². The molecule has 7 rings (SSSR count). The van der Waals surface area contributed by atoms with Crippen molar-refractivity contribution < 1.29 is 83.2 Å². The summed E-state index contributed by atoms with van der Waals surface area (Å²) in [6, 6.07) is 14.2. The van der Waals surface area contributed by atoms with Gasteiger partial charge in [-0.15, -0.1) is 0 Å². The molecule has 0 aromatic heterocycles. The zero-order valence-corrected chi connectivity index (χ0v) is 42.6. The van der Waals surface area contributed by atoms with E-state index in [-0.39, 0.29) is 52.5 Å². The van der Waals surface area contributed by atoms with Crippen LogP contribution >= 0.6 is 0 Å². The van der Waals surface area contributed by atoms with Gasteiger partial charge in [0, 0.05) is 39.3 Å². The third kappa shape index (κ3) is 12.0. The second-order valence-electron chi connectivity index (χ2n) is 19.3. The number of aliphatic hydroxyl groups excluding tert-OH is 3. The van der Waals surface area contributed by atoms with Gasteiger partial charge in [0.05, 0.1) is 49.0 Å². The van der Waals surface area contributed by atoms with Crippen LogP contribution in [0.2, 0.25) is 0 Å². The summed E-state index contributed by atoms with van der Waals surface area (Å²) in [5, 5.41) is 84.6. The molecule has 25 nitrogen and oxygen atoms in total. The molecule has 78 heavy (non-hydrogen) atoms. The SMILES string of the molecule is COc1cccc2c1C(=O)c1c(O)c3c(c(O)c1C2=O)CC[C@@](O)(C(=O)CO)[C@@H]3O[C@@H]1O[C@H](C)[C@H](O)[C@@H](NC(=O)CNC(=O)[C@H](CC(C)C)NC(=O)[C@H](Cc2ccccc2)NC(=O)CNC(=O)c2ccc(N=[N+]=[N-])cc2)[C@H]1O. The third-order valence-electron chi connectivity index (χ3n) is 13.7. The molecule has 0 bridgehead atoms.